The number of nitrogens with zero attached hydrogens (tertiary/aromatic N) is 3. The van der Waals surface area contributed by atoms with Crippen LogP contribution in [0.5, 0.6) is 5.75 Å². The van der Waals surface area contributed by atoms with Crippen molar-refractivity contribution >= 4 is 34.4 Å². The van der Waals surface area contributed by atoms with Crippen LogP contribution >= 0.6 is 11.8 Å². The molecule has 4 rings (SSSR count). The van der Waals surface area contributed by atoms with Crippen LogP contribution in [-0.4, -0.2) is 38.8 Å². The monoisotopic (exact) mass is 440 g/mol. The van der Waals surface area contributed by atoms with E-state index in [2.05, 4.69) is 10.3 Å². The van der Waals surface area contributed by atoms with Crippen LogP contribution in [0.25, 0.3) is 16.7 Å². The van der Waals surface area contributed by atoms with Crippen LogP contribution in [0, 0.1) is 10.1 Å². The Morgan fingerprint density at radius 1 is 1.29 bits per heavy atom. The van der Waals surface area contributed by atoms with Crippen LogP contribution in [0.1, 0.15) is 32.6 Å². The molecule has 1 aromatic heterocycles. The fraction of sp³-hybridized carbons (Fsp3) is 0.364. The molecule has 31 heavy (non-hydrogen) atoms. The van der Waals surface area contributed by atoms with Crippen LogP contribution in [0.3, 0.4) is 0 Å². The summed E-state index contributed by atoms with van der Waals surface area (Å²) in [6.45, 7) is 1.85. The highest BCUT2D eigenvalue weighted by Crippen LogP contribution is 2.35. The average molecular weight is 441 g/mol. The van der Waals surface area contributed by atoms with Gasteiger partial charge in [-0.2, -0.15) is 0 Å². The third-order valence-corrected chi connectivity index (χ3v) is 6.55. The number of amides is 1. The molecule has 9 heteroatoms. The Morgan fingerprint density at radius 2 is 2.03 bits per heavy atom. The molecule has 1 N–H and O–H groups in total. The molecule has 1 fully saturated rings. The van der Waals surface area contributed by atoms with Gasteiger partial charge in [-0.25, -0.2) is 4.98 Å². The van der Waals surface area contributed by atoms with E-state index in [1.54, 1.807) is 13.2 Å². The number of nitro groups is 1. The van der Waals surface area contributed by atoms with Crippen molar-refractivity contribution < 1.29 is 14.5 Å². The Labute approximate surface area is 184 Å². The van der Waals surface area contributed by atoms with E-state index < -0.39 is 4.92 Å². The lowest BCUT2D eigenvalue weighted by Crippen LogP contribution is -2.37. The number of fused-ring (bicyclic) bond motifs is 1. The van der Waals surface area contributed by atoms with Gasteiger partial charge in [0.2, 0.25) is 5.91 Å². The molecule has 1 aliphatic carbocycles. The molecule has 1 amide bonds. The number of para-hydroxylation sites is 2. The highest BCUT2D eigenvalue weighted by molar-refractivity contribution is 8.00. The van der Waals surface area contributed by atoms with E-state index in [-0.39, 0.29) is 22.9 Å². The first-order valence-electron chi connectivity index (χ1n) is 10.2. The van der Waals surface area contributed by atoms with Crippen molar-refractivity contribution in [3.63, 3.8) is 0 Å². The molecule has 1 aliphatic rings. The molecular formula is C22H24N4O4S. The SMILES string of the molecule is COc1ccccc1-n1c(SC(C)C(=O)NC2CCCC2)nc2cc([N+](=O)[O-])ccc21. The molecule has 1 unspecified atom stereocenters. The Bertz CT molecular complexity index is 1120. The van der Waals surface area contributed by atoms with E-state index in [4.69, 9.17) is 4.74 Å². The maximum Gasteiger partial charge on any atom is 0.271 e. The van der Waals surface area contributed by atoms with E-state index in [0.29, 0.717) is 21.9 Å². The van der Waals surface area contributed by atoms with Crippen molar-refractivity contribution in [2.45, 2.75) is 49.1 Å². The molecule has 3 aromatic rings. The van der Waals surface area contributed by atoms with Gasteiger partial charge in [0, 0.05) is 18.2 Å². The van der Waals surface area contributed by atoms with Crippen LogP contribution < -0.4 is 10.1 Å². The molecule has 0 spiro atoms. The van der Waals surface area contributed by atoms with Gasteiger partial charge in [0.15, 0.2) is 5.16 Å². The van der Waals surface area contributed by atoms with Crippen molar-refractivity contribution in [2.24, 2.45) is 0 Å². The number of methoxy groups -OCH3 is 1. The molecule has 0 bridgehead atoms. The van der Waals surface area contributed by atoms with Crippen molar-refractivity contribution in [1.82, 2.24) is 14.9 Å². The van der Waals surface area contributed by atoms with Gasteiger partial charge >= 0.3 is 0 Å². The fourth-order valence-electron chi connectivity index (χ4n) is 3.89. The number of imidazole rings is 1. The Kier molecular flexibility index (Phi) is 6.13. The second kappa shape index (κ2) is 8.97. The Morgan fingerprint density at radius 3 is 2.74 bits per heavy atom. The minimum atomic E-state index is -0.438. The summed E-state index contributed by atoms with van der Waals surface area (Å²) in [5, 5.41) is 14.6. The van der Waals surface area contributed by atoms with E-state index in [1.807, 2.05) is 35.8 Å². The molecule has 8 nitrogen and oxygen atoms in total. The summed E-state index contributed by atoms with van der Waals surface area (Å²) >= 11 is 1.33. The first-order valence-corrected chi connectivity index (χ1v) is 11.1. The van der Waals surface area contributed by atoms with Gasteiger partial charge in [0.25, 0.3) is 5.69 Å². The highest BCUT2D eigenvalue weighted by atomic mass is 32.2. The lowest BCUT2D eigenvalue weighted by Gasteiger charge is -2.17. The summed E-state index contributed by atoms with van der Waals surface area (Å²) < 4.78 is 7.42. The first-order chi connectivity index (χ1) is 15.0. The number of hydrogen-bond donors (Lipinski definition) is 1. The second-order valence-corrected chi connectivity index (χ2v) is 8.89. The quantitative estimate of drug-likeness (QED) is 0.330. The lowest BCUT2D eigenvalue weighted by molar-refractivity contribution is -0.384. The normalized spacial score (nSPS) is 15.2. The van der Waals surface area contributed by atoms with Gasteiger partial charge in [-0.1, -0.05) is 36.7 Å². The molecule has 0 radical (unpaired) electrons. The van der Waals surface area contributed by atoms with Gasteiger partial charge in [-0.05, 0) is 38.0 Å². The summed E-state index contributed by atoms with van der Waals surface area (Å²) in [6.07, 6.45) is 4.34. The topological polar surface area (TPSA) is 99.3 Å². The summed E-state index contributed by atoms with van der Waals surface area (Å²) in [5.74, 6) is 0.617. The van der Waals surface area contributed by atoms with Gasteiger partial charge in [-0.15, -0.1) is 0 Å². The second-order valence-electron chi connectivity index (χ2n) is 7.58. The van der Waals surface area contributed by atoms with Crippen molar-refractivity contribution in [1.29, 1.82) is 0 Å². The number of ether oxygens (including phenoxy) is 1. The maximum absolute atomic E-state index is 12.7. The minimum Gasteiger partial charge on any atom is -0.495 e. The third kappa shape index (κ3) is 4.36. The molecule has 1 saturated carbocycles. The smallest absolute Gasteiger partial charge is 0.271 e. The first kappa shape index (κ1) is 21.2. The largest absolute Gasteiger partial charge is 0.495 e. The number of hydrogen-bond acceptors (Lipinski definition) is 6. The van der Waals surface area contributed by atoms with Crippen molar-refractivity contribution in [2.75, 3.05) is 7.11 Å². The molecule has 0 aliphatic heterocycles. The Hall–Kier alpha value is -3.07. The van der Waals surface area contributed by atoms with E-state index in [0.717, 1.165) is 31.4 Å². The van der Waals surface area contributed by atoms with Crippen LogP contribution in [0.15, 0.2) is 47.6 Å². The van der Waals surface area contributed by atoms with E-state index >= 15 is 0 Å². The Balaban J connectivity index is 1.74. The number of carbonyl (C=O) groups excluding carboxylic acids is 1. The van der Waals surface area contributed by atoms with Crippen LogP contribution in [-0.2, 0) is 4.79 Å². The zero-order chi connectivity index (χ0) is 22.0. The van der Waals surface area contributed by atoms with Crippen molar-refractivity contribution in [3.05, 3.63) is 52.6 Å². The number of carbonyl (C=O) groups is 1. The zero-order valence-corrected chi connectivity index (χ0v) is 18.2. The van der Waals surface area contributed by atoms with Gasteiger partial charge in [-0.3, -0.25) is 19.5 Å². The van der Waals surface area contributed by atoms with E-state index in [1.165, 1.54) is 23.9 Å². The number of aromatic nitrogens is 2. The summed E-state index contributed by atoms with van der Waals surface area (Å²) in [6, 6.07) is 12.3. The zero-order valence-electron chi connectivity index (χ0n) is 17.4. The van der Waals surface area contributed by atoms with E-state index in [9.17, 15) is 14.9 Å². The molecular weight excluding hydrogens is 416 g/mol. The predicted molar refractivity (Wildman–Crippen MR) is 120 cm³/mol. The number of non-ortho nitro benzene ring substituents is 1. The minimum absolute atomic E-state index is 0.0264. The molecule has 1 heterocycles. The standard InChI is InChI=1S/C22H24N4O4S/c1-14(21(27)23-15-7-3-4-8-15)31-22-24-17-13-16(26(28)29)11-12-18(17)25(22)19-9-5-6-10-20(19)30-2/h5-6,9-15H,3-4,7-8H2,1-2H3,(H,23,27). The molecule has 162 valence electrons. The maximum atomic E-state index is 12.7. The third-order valence-electron chi connectivity index (χ3n) is 5.50. The summed E-state index contributed by atoms with van der Waals surface area (Å²) in [4.78, 5) is 28.2. The summed E-state index contributed by atoms with van der Waals surface area (Å²) in [7, 11) is 1.59. The predicted octanol–water partition coefficient (Wildman–Crippen LogP) is 4.48. The lowest BCUT2D eigenvalue weighted by atomic mass is 10.2. The van der Waals surface area contributed by atoms with Crippen LogP contribution in [0.4, 0.5) is 5.69 Å². The van der Waals surface area contributed by atoms with Crippen molar-refractivity contribution in [3.8, 4) is 11.4 Å². The van der Waals surface area contributed by atoms with Gasteiger partial charge < -0.3 is 10.1 Å². The number of benzene rings is 2. The molecule has 0 saturated heterocycles. The fourth-order valence-corrected chi connectivity index (χ4v) is 4.83. The molecule has 2 aromatic carbocycles. The number of rotatable bonds is 7. The average Bonchev–Trinajstić information content (AvgIpc) is 3.40. The highest BCUT2D eigenvalue weighted by Gasteiger charge is 2.25. The number of thioether (sulfide) groups is 1. The van der Waals surface area contributed by atoms with Gasteiger partial charge in [0.1, 0.15) is 5.75 Å². The number of nitrogens with one attached hydrogen (secondary N) is 1. The van der Waals surface area contributed by atoms with Crippen LogP contribution in [0.2, 0.25) is 0 Å². The van der Waals surface area contributed by atoms with Gasteiger partial charge in [0.05, 0.1) is 34.0 Å². The number of nitro benzene ring substituents is 1. The summed E-state index contributed by atoms with van der Waals surface area (Å²) in [5.41, 5.74) is 1.93. The molecule has 1 atom stereocenters.